The Bertz CT molecular complexity index is 335. The number of H-pyrrole nitrogens is 1. The molecule has 0 aromatic carbocycles. The first kappa shape index (κ1) is 9.26. The highest BCUT2D eigenvalue weighted by molar-refractivity contribution is 6.28. The van der Waals surface area contributed by atoms with Crippen LogP contribution in [0.15, 0.2) is 0 Å². The zero-order chi connectivity index (χ0) is 9.84. The van der Waals surface area contributed by atoms with E-state index in [2.05, 4.69) is 20.9 Å². The second kappa shape index (κ2) is 3.72. The molecule has 1 rings (SSSR count). The van der Waals surface area contributed by atoms with Crippen molar-refractivity contribution in [3.8, 4) is 0 Å². The Kier molecular flexibility index (Phi) is 2.65. The molecule has 0 saturated heterocycles. The van der Waals surface area contributed by atoms with Crippen LogP contribution in [-0.4, -0.2) is 27.1 Å². The van der Waals surface area contributed by atoms with Crippen molar-refractivity contribution in [3.05, 3.63) is 11.1 Å². The van der Waals surface area contributed by atoms with Gasteiger partial charge in [0.2, 0.25) is 11.1 Å². The standard InChI is InChI=1S/C4H5ClN6O2/c5-3-7-1(8-10-3)2(12)9-11-4(6)13/h(H,9,12)(H3,6,11,13)(H,7,8,10). The quantitative estimate of drug-likeness (QED) is 0.427. The summed E-state index contributed by atoms with van der Waals surface area (Å²) in [5.74, 6) is -0.916. The average molecular weight is 205 g/mol. The molecule has 0 unspecified atom stereocenters. The highest BCUT2D eigenvalue weighted by Gasteiger charge is 2.11. The first-order chi connectivity index (χ1) is 6.09. The normalized spacial score (nSPS) is 9.31. The summed E-state index contributed by atoms with van der Waals surface area (Å²) in [7, 11) is 0. The number of carbonyl (C=O) groups excluding carboxylic acids is 2. The third-order valence-corrected chi connectivity index (χ3v) is 1.13. The molecule has 0 spiro atoms. The number of nitrogens with zero attached hydrogens (tertiary/aromatic N) is 2. The average Bonchev–Trinajstić information content (AvgIpc) is 2.47. The number of nitrogens with one attached hydrogen (secondary N) is 3. The van der Waals surface area contributed by atoms with E-state index < -0.39 is 11.9 Å². The fraction of sp³-hybridized carbons (Fsp3) is 0. The van der Waals surface area contributed by atoms with E-state index in [1.54, 1.807) is 0 Å². The van der Waals surface area contributed by atoms with Crippen LogP contribution < -0.4 is 16.6 Å². The van der Waals surface area contributed by atoms with Gasteiger partial charge in [-0.1, -0.05) is 0 Å². The van der Waals surface area contributed by atoms with Gasteiger partial charge < -0.3 is 5.73 Å². The fourth-order valence-electron chi connectivity index (χ4n) is 0.518. The van der Waals surface area contributed by atoms with Gasteiger partial charge in [0.05, 0.1) is 0 Å². The van der Waals surface area contributed by atoms with Crippen molar-refractivity contribution in [1.82, 2.24) is 26.0 Å². The zero-order valence-electron chi connectivity index (χ0n) is 6.17. The van der Waals surface area contributed by atoms with E-state index >= 15 is 0 Å². The molecule has 0 atom stereocenters. The number of amides is 3. The summed E-state index contributed by atoms with van der Waals surface area (Å²) >= 11 is 5.35. The van der Waals surface area contributed by atoms with Crippen molar-refractivity contribution < 1.29 is 9.59 Å². The van der Waals surface area contributed by atoms with E-state index in [-0.39, 0.29) is 11.1 Å². The molecule has 0 radical (unpaired) electrons. The van der Waals surface area contributed by atoms with Gasteiger partial charge in [-0.15, -0.1) is 5.10 Å². The van der Waals surface area contributed by atoms with Gasteiger partial charge in [-0.2, -0.15) is 4.98 Å². The Labute approximate surface area is 76.8 Å². The minimum atomic E-state index is -0.894. The molecule has 8 nitrogen and oxygen atoms in total. The number of aromatic nitrogens is 3. The smallest absolute Gasteiger partial charge is 0.330 e. The number of rotatable bonds is 1. The molecule has 0 aliphatic rings. The molecule has 70 valence electrons. The van der Waals surface area contributed by atoms with Gasteiger partial charge in [0.25, 0.3) is 0 Å². The Morgan fingerprint density at radius 1 is 1.46 bits per heavy atom. The van der Waals surface area contributed by atoms with Crippen molar-refractivity contribution in [2.75, 3.05) is 0 Å². The lowest BCUT2D eigenvalue weighted by atomic mass is 10.6. The van der Waals surface area contributed by atoms with Crippen LogP contribution in [0.3, 0.4) is 0 Å². The van der Waals surface area contributed by atoms with Crippen LogP contribution in [0.5, 0.6) is 0 Å². The van der Waals surface area contributed by atoms with E-state index in [9.17, 15) is 9.59 Å². The number of urea groups is 1. The fourth-order valence-corrected chi connectivity index (χ4v) is 0.640. The lowest BCUT2D eigenvalue weighted by molar-refractivity contribution is 0.0927. The van der Waals surface area contributed by atoms with Gasteiger partial charge in [0, 0.05) is 0 Å². The van der Waals surface area contributed by atoms with Gasteiger partial charge in [-0.3, -0.25) is 10.2 Å². The molecule has 9 heteroatoms. The SMILES string of the molecule is NC(=O)NNC(=O)c1n[nH]c(Cl)n1. The number of hydrogen-bond donors (Lipinski definition) is 4. The molecule has 0 saturated carbocycles. The van der Waals surface area contributed by atoms with Gasteiger partial charge in [-0.05, 0) is 11.6 Å². The number of halogens is 1. The lowest BCUT2D eigenvalue weighted by Gasteiger charge is -1.99. The van der Waals surface area contributed by atoms with E-state index in [1.807, 2.05) is 10.9 Å². The van der Waals surface area contributed by atoms with E-state index in [0.29, 0.717) is 0 Å². The summed E-state index contributed by atoms with van der Waals surface area (Å²) in [6.45, 7) is 0. The maximum atomic E-state index is 11.0. The maximum Gasteiger partial charge on any atom is 0.330 e. The summed E-state index contributed by atoms with van der Waals surface area (Å²) in [6, 6.07) is -0.894. The first-order valence-corrected chi connectivity index (χ1v) is 3.41. The third kappa shape index (κ3) is 2.60. The minimum absolute atomic E-state index is 0.0239. The second-order valence-corrected chi connectivity index (χ2v) is 2.25. The van der Waals surface area contributed by atoms with Gasteiger partial charge >= 0.3 is 11.9 Å². The molecule has 0 fully saturated rings. The van der Waals surface area contributed by atoms with Crippen LogP contribution >= 0.6 is 11.6 Å². The summed E-state index contributed by atoms with van der Waals surface area (Å²) in [6.07, 6.45) is 0. The Balaban J connectivity index is 2.54. The second-order valence-electron chi connectivity index (χ2n) is 1.89. The highest BCUT2D eigenvalue weighted by Crippen LogP contribution is 1.97. The number of hydrazine groups is 1. The number of primary amides is 1. The maximum absolute atomic E-state index is 11.0. The van der Waals surface area contributed by atoms with E-state index in [4.69, 9.17) is 11.6 Å². The Hall–Kier alpha value is -1.83. The van der Waals surface area contributed by atoms with Crippen LogP contribution in [0.4, 0.5) is 4.79 Å². The molecule has 0 aliphatic heterocycles. The van der Waals surface area contributed by atoms with Crippen LogP contribution in [-0.2, 0) is 0 Å². The number of hydrogen-bond acceptors (Lipinski definition) is 4. The number of nitrogens with two attached hydrogens (primary N) is 1. The van der Waals surface area contributed by atoms with Crippen LogP contribution in [0.1, 0.15) is 10.6 Å². The van der Waals surface area contributed by atoms with Gasteiger partial charge in [-0.25, -0.2) is 15.3 Å². The topological polar surface area (TPSA) is 126 Å². The molecule has 13 heavy (non-hydrogen) atoms. The number of carbonyl (C=O) groups is 2. The van der Waals surface area contributed by atoms with Crippen molar-refractivity contribution in [1.29, 1.82) is 0 Å². The largest absolute Gasteiger partial charge is 0.350 e. The molecule has 3 amide bonds. The van der Waals surface area contributed by atoms with Crippen molar-refractivity contribution >= 4 is 23.5 Å². The van der Waals surface area contributed by atoms with Crippen LogP contribution in [0.2, 0.25) is 5.28 Å². The summed E-state index contributed by atoms with van der Waals surface area (Å²) in [4.78, 5) is 24.6. The van der Waals surface area contributed by atoms with Gasteiger partial charge in [0.1, 0.15) is 0 Å². The van der Waals surface area contributed by atoms with Crippen molar-refractivity contribution in [3.63, 3.8) is 0 Å². The van der Waals surface area contributed by atoms with E-state index in [1.165, 1.54) is 0 Å². The van der Waals surface area contributed by atoms with E-state index in [0.717, 1.165) is 0 Å². The number of aromatic amines is 1. The predicted octanol–water partition coefficient (Wildman–Crippen LogP) is -1.23. The Morgan fingerprint density at radius 2 is 2.15 bits per heavy atom. The van der Waals surface area contributed by atoms with Gasteiger partial charge in [0.15, 0.2) is 0 Å². The molecular weight excluding hydrogens is 200 g/mol. The molecule has 1 aromatic heterocycles. The third-order valence-electron chi connectivity index (χ3n) is 0.960. The van der Waals surface area contributed by atoms with Crippen molar-refractivity contribution in [2.45, 2.75) is 0 Å². The summed E-state index contributed by atoms with van der Waals surface area (Å²) < 4.78 is 0. The molecule has 0 bridgehead atoms. The molecule has 0 aliphatic carbocycles. The zero-order valence-corrected chi connectivity index (χ0v) is 6.92. The summed E-state index contributed by atoms with van der Waals surface area (Å²) in [5.41, 5.74) is 8.48. The van der Waals surface area contributed by atoms with Crippen LogP contribution in [0, 0.1) is 0 Å². The minimum Gasteiger partial charge on any atom is -0.350 e. The molecular formula is C4H5ClN6O2. The molecule has 1 heterocycles. The highest BCUT2D eigenvalue weighted by atomic mass is 35.5. The van der Waals surface area contributed by atoms with Crippen LogP contribution in [0.25, 0.3) is 0 Å². The molecule has 5 N–H and O–H groups in total. The molecule has 1 aromatic rings. The first-order valence-electron chi connectivity index (χ1n) is 3.03. The monoisotopic (exact) mass is 204 g/mol. The van der Waals surface area contributed by atoms with Crippen molar-refractivity contribution in [2.24, 2.45) is 5.73 Å². The Morgan fingerprint density at radius 3 is 2.62 bits per heavy atom. The summed E-state index contributed by atoms with van der Waals surface area (Å²) in [5, 5.41) is 5.63. The predicted molar refractivity (Wildman–Crippen MR) is 41.6 cm³/mol. The lowest BCUT2D eigenvalue weighted by Crippen LogP contribution is -2.44.